The minimum Gasteiger partial charge on any atom is -0.457 e. The fraction of sp³-hybridized carbons (Fsp3) is 0.0588. The van der Waals surface area contributed by atoms with Gasteiger partial charge in [-0.1, -0.05) is 0 Å². The largest absolute Gasteiger partial charge is 0.457 e. The van der Waals surface area contributed by atoms with Gasteiger partial charge in [0.05, 0.1) is 10.6 Å². The summed E-state index contributed by atoms with van der Waals surface area (Å²) < 4.78 is 6.81. The molecule has 0 aliphatic heterocycles. The molecule has 0 radical (unpaired) electrons. The molecule has 0 aliphatic rings. The van der Waals surface area contributed by atoms with Gasteiger partial charge in [0.15, 0.2) is 0 Å². The monoisotopic (exact) mass is 338 g/mol. The van der Waals surface area contributed by atoms with Gasteiger partial charge in [0, 0.05) is 23.9 Å². The van der Waals surface area contributed by atoms with Crippen molar-refractivity contribution >= 4 is 11.7 Å². The molecule has 0 atom stereocenters. The molecule has 8 nitrogen and oxygen atoms in total. The Balaban J connectivity index is 1.78. The van der Waals surface area contributed by atoms with Gasteiger partial charge in [0.2, 0.25) is 0 Å². The quantitative estimate of drug-likeness (QED) is 0.578. The van der Waals surface area contributed by atoms with Gasteiger partial charge >= 0.3 is 6.03 Å². The van der Waals surface area contributed by atoms with E-state index in [2.05, 4.69) is 5.10 Å². The standard InChI is InChI=1S/C17H14N4O4/c1-11-10-13(21(23)24)4-7-16(11)25-14-5-2-12(3-6-14)15-8-9-20(19-15)17(18)22/h2-10H,1H3,(H2,18,22). The van der Waals surface area contributed by atoms with Crippen LogP contribution in [0.4, 0.5) is 10.5 Å². The van der Waals surface area contributed by atoms with Crippen molar-refractivity contribution in [2.75, 3.05) is 0 Å². The van der Waals surface area contributed by atoms with E-state index < -0.39 is 11.0 Å². The van der Waals surface area contributed by atoms with Crippen LogP contribution in [0, 0.1) is 17.0 Å². The fourth-order valence-corrected chi connectivity index (χ4v) is 2.28. The fourth-order valence-electron chi connectivity index (χ4n) is 2.28. The van der Waals surface area contributed by atoms with Gasteiger partial charge in [-0.25, -0.2) is 4.79 Å². The topological polar surface area (TPSA) is 113 Å². The molecule has 0 bridgehead atoms. The van der Waals surface area contributed by atoms with Crippen molar-refractivity contribution in [2.45, 2.75) is 6.92 Å². The molecule has 3 rings (SSSR count). The average molecular weight is 338 g/mol. The molecular weight excluding hydrogens is 324 g/mol. The Morgan fingerprint density at radius 3 is 2.48 bits per heavy atom. The lowest BCUT2D eigenvalue weighted by atomic mass is 10.1. The third-order valence-electron chi connectivity index (χ3n) is 3.56. The zero-order valence-corrected chi connectivity index (χ0v) is 13.2. The van der Waals surface area contributed by atoms with Gasteiger partial charge in [-0.2, -0.15) is 9.78 Å². The smallest absolute Gasteiger partial charge is 0.339 e. The van der Waals surface area contributed by atoms with Crippen LogP contribution in [0.2, 0.25) is 0 Å². The Bertz CT molecular complexity index is 948. The number of nitrogens with two attached hydrogens (primary N) is 1. The number of aromatic nitrogens is 2. The van der Waals surface area contributed by atoms with Crippen molar-refractivity contribution in [2.24, 2.45) is 5.73 Å². The van der Waals surface area contributed by atoms with E-state index in [0.717, 1.165) is 10.2 Å². The highest BCUT2D eigenvalue weighted by Crippen LogP contribution is 2.29. The maximum atomic E-state index is 11.1. The Morgan fingerprint density at radius 1 is 1.20 bits per heavy atom. The van der Waals surface area contributed by atoms with E-state index in [4.69, 9.17) is 10.5 Å². The van der Waals surface area contributed by atoms with Gasteiger partial charge in [-0.3, -0.25) is 10.1 Å². The van der Waals surface area contributed by atoms with E-state index in [1.54, 1.807) is 43.3 Å². The van der Waals surface area contributed by atoms with E-state index in [1.807, 2.05) is 0 Å². The van der Waals surface area contributed by atoms with E-state index >= 15 is 0 Å². The molecule has 0 saturated carbocycles. The second-order valence-corrected chi connectivity index (χ2v) is 5.32. The first-order valence-electron chi connectivity index (χ1n) is 7.33. The Kier molecular flexibility index (Phi) is 4.17. The molecule has 8 heteroatoms. The molecule has 0 spiro atoms. The molecule has 1 amide bonds. The zero-order valence-electron chi connectivity index (χ0n) is 13.2. The van der Waals surface area contributed by atoms with E-state index in [-0.39, 0.29) is 5.69 Å². The lowest BCUT2D eigenvalue weighted by Gasteiger charge is -2.09. The van der Waals surface area contributed by atoms with Crippen molar-refractivity contribution in [3.63, 3.8) is 0 Å². The normalized spacial score (nSPS) is 10.4. The summed E-state index contributed by atoms with van der Waals surface area (Å²) in [6.07, 6.45) is 1.49. The Morgan fingerprint density at radius 2 is 1.92 bits per heavy atom. The van der Waals surface area contributed by atoms with Gasteiger partial charge < -0.3 is 10.5 Å². The van der Waals surface area contributed by atoms with Crippen LogP contribution in [0.3, 0.4) is 0 Å². The summed E-state index contributed by atoms with van der Waals surface area (Å²) in [6.45, 7) is 1.74. The molecule has 1 heterocycles. The third-order valence-corrected chi connectivity index (χ3v) is 3.56. The van der Waals surface area contributed by atoms with Crippen molar-refractivity contribution in [1.29, 1.82) is 0 Å². The number of primary amides is 1. The first-order chi connectivity index (χ1) is 11.9. The summed E-state index contributed by atoms with van der Waals surface area (Å²) >= 11 is 0. The molecule has 1 aromatic heterocycles. The molecule has 25 heavy (non-hydrogen) atoms. The van der Waals surface area contributed by atoms with Crippen LogP contribution in [0.25, 0.3) is 11.3 Å². The average Bonchev–Trinajstić information content (AvgIpc) is 3.07. The number of amides is 1. The highest BCUT2D eigenvalue weighted by Gasteiger charge is 2.10. The second-order valence-electron chi connectivity index (χ2n) is 5.32. The van der Waals surface area contributed by atoms with E-state index in [0.29, 0.717) is 22.8 Å². The van der Waals surface area contributed by atoms with Crippen molar-refractivity contribution in [3.05, 3.63) is 70.4 Å². The first-order valence-corrected chi connectivity index (χ1v) is 7.33. The molecular formula is C17H14N4O4. The van der Waals surface area contributed by atoms with Crippen molar-refractivity contribution in [1.82, 2.24) is 9.78 Å². The minimum absolute atomic E-state index is 0.0187. The number of nitro groups is 1. The number of hydrogen-bond donors (Lipinski definition) is 1. The third kappa shape index (κ3) is 3.47. The molecule has 0 fully saturated rings. The van der Waals surface area contributed by atoms with Crippen molar-refractivity contribution < 1.29 is 14.5 Å². The van der Waals surface area contributed by atoms with Crippen LogP contribution < -0.4 is 10.5 Å². The highest BCUT2D eigenvalue weighted by molar-refractivity contribution is 5.74. The van der Waals surface area contributed by atoms with Crippen LogP contribution in [0.1, 0.15) is 5.56 Å². The van der Waals surface area contributed by atoms with Crippen LogP contribution >= 0.6 is 0 Å². The lowest BCUT2D eigenvalue weighted by Crippen LogP contribution is -2.19. The number of rotatable bonds is 4. The SMILES string of the molecule is Cc1cc([N+](=O)[O-])ccc1Oc1ccc(-c2ccn(C(N)=O)n2)cc1. The zero-order chi connectivity index (χ0) is 18.0. The predicted octanol–water partition coefficient (Wildman–Crippen LogP) is 3.49. The second kappa shape index (κ2) is 6.44. The summed E-state index contributed by atoms with van der Waals surface area (Å²) in [5, 5.41) is 14.8. The van der Waals surface area contributed by atoms with E-state index in [1.165, 1.54) is 18.3 Å². The number of nitrogens with zero attached hydrogens (tertiary/aromatic N) is 3. The molecule has 2 aromatic carbocycles. The number of non-ortho nitro benzene ring substituents is 1. The van der Waals surface area contributed by atoms with Gasteiger partial charge in [-0.15, -0.1) is 0 Å². The van der Waals surface area contributed by atoms with E-state index in [9.17, 15) is 14.9 Å². The summed E-state index contributed by atoms with van der Waals surface area (Å²) in [6, 6.07) is 12.5. The number of carbonyl (C=O) groups is 1. The Hall–Kier alpha value is -3.68. The van der Waals surface area contributed by atoms with Crippen LogP contribution in [0.5, 0.6) is 11.5 Å². The molecule has 126 valence electrons. The molecule has 0 unspecified atom stereocenters. The molecule has 2 N–H and O–H groups in total. The molecule has 3 aromatic rings. The number of nitro benzene ring substituents is 1. The maximum absolute atomic E-state index is 11.1. The first kappa shape index (κ1) is 16.2. The van der Waals surface area contributed by atoms with Gasteiger partial charge in [0.25, 0.3) is 5.69 Å². The summed E-state index contributed by atoms with van der Waals surface area (Å²) in [7, 11) is 0. The maximum Gasteiger partial charge on any atom is 0.339 e. The van der Waals surface area contributed by atoms with Gasteiger partial charge in [-0.05, 0) is 48.9 Å². The number of carbonyl (C=O) groups excluding carboxylic acids is 1. The van der Waals surface area contributed by atoms with Crippen LogP contribution in [-0.2, 0) is 0 Å². The molecule has 0 saturated heterocycles. The van der Waals surface area contributed by atoms with Crippen LogP contribution in [0.15, 0.2) is 54.7 Å². The summed E-state index contributed by atoms with van der Waals surface area (Å²) in [4.78, 5) is 21.4. The predicted molar refractivity (Wildman–Crippen MR) is 90.6 cm³/mol. The molecule has 0 aliphatic carbocycles. The summed E-state index contributed by atoms with van der Waals surface area (Å²) in [5.74, 6) is 1.12. The lowest BCUT2D eigenvalue weighted by molar-refractivity contribution is -0.384. The number of hydrogen-bond acceptors (Lipinski definition) is 5. The van der Waals surface area contributed by atoms with Gasteiger partial charge in [0.1, 0.15) is 11.5 Å². The summed E-state index contributed by atoms with van der Waals surface area (Å²) in [5.41, 5.74) is 7.25. The highest BCUT2D eigenvalue weighted by atomic mass is 16.6. The minimum atomic E-state index is -0.653. The number of benzene rings is 2. The van der Waals surface area contributed by atoms with Crippen molar-refractivity contribution in [3.8, 4) is 22.8 Å². The number of ether oxygens (including phenoxy) is 1. The van der Waals surface area contributed by atoms with Crippen LogP contribution in [-0.4, -0.2) is 20.7 Å². The number of aryl methyl sites for hydroxylation is 1. The Labute approximate surface area is 142 Å².